The zero-order chi connectivity index (χ0) is 32.1. The van der Waals surface area contributed by atoms with Crippen LogP contribution < -0.4 is 15.0 Å². The number of urea groups is 1. The summed E-state index contributed by atoms with van der Waals surface area (Å²) < 4.78 is 30.5. The van der Waals surface area contributed by atoms with Crippen LogP contribution in [0.15, 0.2) is 57.9 Å². The number of aryl methyl sites for hydroxylation is 1. The van der Waals surface area contributed by atoms with Crippen LogP contribution in [0.5, 0.6) is 5.75 Å². The highest BCUT2D eigenvalue weighted by atomic mass is 35.5. The molecular formula is C34H41ClN4O5S2. The summed E-state index contributed by atoms with van der Waals surface area (Å²) in [5.74, 6) is 2.25. The molecule has 9 nitrogen and oxygen atoms in total. The highest BCUT2D eigenvalue weighted by Gasteiger charge is 2.38. The van der Waals surface area contributed by atoms with E-state index in [9.17, 15) is 13.8 Å². The number of fused-ring (bicyclic) bond motifs is 3. The van der Waals surface area contributed by atoms with Crippen molar-refractivity contribution in [2.24, 2.45) is 21.2 Å². The summed E-state index contributed by atoms with van der Waals surface area (Å²) in [6, 6.07) is 10.9. The van der Waals surface area contributed by atoms with Gasteiger partial charge in [0.1, 0.15) is 17.2 Å². The van der Waals surface area contributed by atoms with Crippen LogP contribution in [0.1, 0.15) is 60.0 Å². The molecule has 2 fully saturated rings. The van der Waals surface area contributed by atoms with Crippen molar-refractivity contribution in [1.82, 2.24) is 5.32 Å². The van der Waals surface area contributed by atoms with Crippen molar-refractivity contribution in [3.63, 3.8) is 0 Å². The molecule has 2 aliphatic heterocycles. The number of amides is 3. The van der Waals surface area contributed by atoms with E-state index in [1.54, 1.807) is 24.9 Å². The SMILES string of the molecule is CO[C@H]1/C=C/CCCS(=O)(/C=N/C(=O)NC2CC2)=NC(=O)c2ccc3c(c2)N(Cc2ccc(Cl)cc2CCSCO3)C[C@@H]2CC[C@H]21. The van der Waals surface area contributed by atoms with Crippen LogP contribution in [0.3, 0.4) is 0 Å². The van der Waals surface area contributed by atoms with Crippen LogP contribution in [-0.4, -0.2) is 64.9 Å². The first-order chi connectivity index (χ1) is 22.3. The molecule has 6 rings (SSSR count). The van der Waals surface area contributed by atoms with Crippen LogP contribution >= 0.6 is 23.4 Å². The van der Waals surface area contributed by atoms with E-state index in [2.05, 4.69) is 37.8 Å². The number of ether oxygens (including phenoxy) is 2. The van der Waals surface area contributed by atoms with E-state index in [0.29, 0.717) is 53.5 Å². The molecule has 0 saturated heterocycles. The second kappa shape index (κ2) is 14.9. The highest BCUT2D eigenvalue weighted by Crippen LogP contribution is 2.42. The van der Waals surface area contributed by atoms with Crippen LogP contribution in [-0.2, 0) is 27.4 Å². The van der Waals surface area contributed by atoms with Gasteiger partial charge in [0.15, 0.2) is 0 Å². The number of anilines is 1. The van der Waals surface area contributed by atoms with Gasteiger partial charge in [0.05, 0.1) is 21.5 Å². The number of hydrogen-bond acceptors (Lipinski definition) is 7. The third kappa shape index (κ3) is 8.34. The Hall–Kier alpha value is -2.86. The van der Waals surface area contributed by atoms with Crippen molar-refractivity contribution < 1.29 is 23.3 Å². The van der Waals surface area contributed by atoms with Gasteiger partial charge in [0.2, 0.25) is 0 Å². The number of nitrogens with zero attached hydrogens (tertiary/aromatic N) is 3. The number of hydrogen-bond donors (Lipinski definition) is 1. The molecule has 246 valence electrons. The zero-order valence-corrected chi connectivity index (χ0v) is 28.5. The van der Waals surface area contributed by atoms with Crippen molar-refractivity contribution in [2.75, 3.05) is 36.0 Å². The van der Waals surface area contributed by atoms with E-state index >= 15 is 0 Å². The fourth-order valence-electron chi connectivity index (χ4n) is 6.26. The minimum Gasteiger partial charge on any atom is -0.481 e. The molecule has 0 radical (unpaired) electrons. The maximum atomic E-state index is 14.0. The van der Waals surface area contributed by atoms with Gasteiger partial charge in [-0.05, 0) is 98.2 Å². The summed E-state index contributed by atoms with van der Waals surface area (Å²) in [5, 5.41) is 3.48. The molecule has 0 spiro atoms. The maximum absolute atomic E-state index is 14.0. The number of allylic oxidation sites excluding steroid dienone is 1. The van der Waals surface area contributed by atoms with Crippen molar-refractivity contribution in [3.8, 4) is 5.75 Å². The fourth-order valence-corrected chi connectivity index (χ4v) is 8.61. The predicted molar refractivity (Wildman–Crippen MR) is 186 cm³/mol. The fraction of sp³-hybridized carbons (Fsp3) is 0.500. The minimum atomic E-state index is -3.26. The molecule has 4 atom stereocenters. The molecular weight excluding hydrogens is 644 g/mol. The lowest BCUT2D eigenvalue weighted by molar-refractivity contribution is 0.0134. The van der Waals surface area contributed by atoms with Gasteiger partial charge < -0.3 is 19.7 Å². The molecule has 12 heteroatoms. The Morgan fingerprint density at radius 3 is 2.85 bits per heavy atom. The standard InChI is InChI=1S/C34H41ClN4O5S2/c1-43-31-5-3-2-4-16-46(42,21-36-34(41)37-28-10-11-28)38-33(40)24-8-13-32-30(18-24)39(20-26-7-12-29(26)31)19-25-6-9-27(35)17-23(25)14-15-45-22-44-32/h3,5-6,8-9,13,17-18,21,26,28-29,31H,2,4,7,10-12,14-16,19-20,22H2,1H3,(H,37,41)/b5-3+,36-21+/t26-,29+,31-,46?/m0/s1. The van der Waals surface area contributed by atoms with Crippen molar-refractivity contribution >= 4 is 56.3 Å². The average molecular weight is 685 g/mol. The number of carbonyl (C=O) groups excluding carboxylic acids is 2. The van der Waals surface area contributed by atoms with E-state index in [-0.39, 0.29) is 17.9 Å². The summed E-state index contributed by atoms with van der Waals surface area (Å²) in [7, 11) is -1.51. The molecule has 0 aromatic heterocycles. The molecule has 4 aliphatic rings. The largest absolute Gasteiger partial charge is 0.481 e. The number of thioether (sulfide) groups is 1. The number of benzene rings is 2. The van der Waals surface area contributed by atoms with Gasteiger partial charge in [-0.2, -0.15) is 9.36 Å². The van der Waals surface area contributed by atoms with Gasteiger partial charge in [-0.1, -0.05) is 29.8 Å². The molecule has 1 unspecified atom stereocenters. The maximum Gasteiger partial charge on any atom is 0.341 e. The van der Waals surface area contributed by atoms with Crippen molar-refractivity contribution in [2.45, 2.75) is 63.6 Å². The van der Waals surface area contributed by atoms with Crippen molar-refractivity contribution in [1.29, 1.82) is 0 Å². The predicted octanol–water partition coefficient (Wildman–Crippen LogP) is 6.87. The molecule has 2 bridgehead atoms. The van der Waals surface area contributed by atoms with E-state index in [1.807, 2.05) is 24.3 Å². The van der Waals surface area contributed by atoms with E-state index < -0.39 is 21.7 Å². The number of nitrogens with one attached hydrogen (secondary N) is 1. The summed E-state index contributed by atoms with van der Waals surface area (Å²) in [6.45, 7) is 1.36. The molecule has 2 aromatic carbocycles. The molecule has 2 saturated carbocycles. The second-order valence-corrected chi connectivity index (χ2v) is 16.1. The molecule has 2 aromatic rings. The first kappa shape index (κ1) is 33.1. The first-order valence-corrected chi connectivity index (χ1v) is 19.3. The van der Waals surface area contributed by atoms with E-state index in [0.717, 1.165) is 55.6 Å². The third-order valence-corrected chi connectivity index (χ3v) is 11.9. The van der Waals surface area contributed by atoms with E-state index in [1.165, 1.54) is 11.1 Å². The third-order valence-electron chi connectivity index (χ3n) is 9.13. The Kier molecular flexibility index (Phi) is 10.7. The Balaban J connectivity index is 1.42. The Morgan fingerprint density at radius 1 is 1.20 bits per heavy atom. The summed E-state index contributed by atoms with van der Waals surface area (Å²) in [4.78, 5) is 32.2. The minimum absolute atomic E-state index is 0.0385. The van der Waals surface area contributed by atoms with Gasteiger partial charge >= 0.3 is 6.03 Å². The van der Waals surface area contributed by atoms with Crippen LogP contribution in [0, 0.1) is 11.8 Å². The second-order valence-electron chi connectivity index (χ2n) is 12.4. The Bertz CT molecular complexity index is 1640. The molecule has 3 amide bonds. The van der Waals surface area contributed by atoms with Crippen LogP contribution in [0.25, 0.3) is 0 Å². The number of aliphatic imine (C=N–C) groups is 1. The Labute approximate surface area is 280 Å². The first-order valence-electron chi connectivity index (χ1n) is 16.0. The normalized spacial score (nSPS) is 28.0. The van der Waals surface area contributed by atoms with Gasteiger partial charge in [-0.3, -0.25) is 4.79 Å². The van der Waals surface area contributed by atoms with Crippen LogP contribution in [0.2, 0.25) is 5.02 Å². The summed E-state index contributed by atoms with van der Waals surface area (Å²) >= 11 is 8.13. The molecule has 2 heterocycles. The average Bonchev–Trinajstić information content (AvgIpc) is 3.85. The lowest BCUT2D eigenvalue weighted by Crippen LogP contribution is -2.43. The van der Waals surface area contributed by atoms with Gasteiger partial charge in [0.25, 0.3) is 5.91 Å². The van der Waals surface area contributed by atoms with Gasteiger partial charge in [-0.15, -0.1) is 11.8 Å². The topological polar surface area (TPSA) is 110 Å². The molecule has 2 aliphatic carbocycles. The van der Waals surface area contributed by atoms with Crippen LogP contribution in [0.4, 0.5) is 10.5 Å². The lowest BCUT2D eigenvalue weighted by Gasteiger charge is -2.43. The summed E-state index contributed by atoms with van der Waals surface area (Å²) in [6.07, 6.45) is 10.1. The smallest absolute Gasteiger partial charge is 0.341 e. The van der Waals surface area contributed by atoms with Gasteiger partial charge in [-0.25, -0.2) is 9.00 Å². The molecule has 1 N–H and O–H groups in total. The van der Waals surface area contributed by atoms with Crippen molar-refractivity contribution in [3.05, 3.63) is 70.3 Å². The molecule has 46 heavy (non-hydrogen) atoms. The van der Waals surface area contributed by atoms with E-state index in [4.69, 9.17) is 21.1 Å². The zero-order valence-electron chi connectivity index (χ0n) is 26.1. The summed E-state index contributed by atoms with van der Waals surface area (Å²) in [5.41, 5.74) is 4.55. The lowest BCUT2D eigenvalue weighted by atomic mass is 9.70. The number of carbonyl (C=O) groups is 2. The monoisotopic (exact) mass is 684 g/mol. The number of halogens is 1. The number of rotatable bonds is 3. The number of methoxy groups -OCH3 is 1. The quantitative estimate of drug-likeness (QED) is 0.213. The van der Waals surface area contributed by atoms with Gasteiger partial charge in [0, 0.05) is 48.3 Å². The highest BCUT2D eigenvalue weighted by molar-refractivity contribution is 8.06. The Morgan fingerprint density at radius 2 is 2.07 bits per heavy atom.